The molecule has 1 heterocycles. The molecule has 0 fully saturated rings. The van der Waals surface area contributed by atoms with Gasteiger partial charge in [0.15, 0.2) is 5.13 Å². The van der Waals surface area contributed by atoms with Gasteiger partial charge in [-0.1, -0.05) is 41.9 Å². The van der Waals surface area contributed by atoms with Crippen LogP contribution in [0.15, 0.2) is 47.8 Å². The summed E-state index contributed by atoms with van der Waals surface area (Å²) in [4.78, 5) is 4.16. The Balaban J connectivity index is 1.95. The van der Waals surface area contributed by atoms with Gasteiger partial charge >= 0.3 is 0 Å². The molecule has 0 spiro atoms. The van der Waals surface area contributed by atoms with Gasteiger partial charge in [0.05, 0.1) is 0 Å². The number of anilines is 2. The largest absolute Gasteiger partial charge is 0.331 e. The number of nitrogens with zero attached hydrogens (tertiary/aromatic N) is 1. The summed E-state index contributed by atoms with van der Waals surface area (Å²) < 4.78 is 0. The molecule has 0 saturated heterocycles. The molecule has 2 nitrogen and oxygen atoms in total. The Morgan fingerprint density at radius 1 is 1.06 bits per heavy atom. The molecule has 2 aromatic carbocycles. The first kappa shape index (κ1) is 10.6. The zero-order chi connectivity index (χ0) is 11.7. The number of hydrogen-bond donors (Lipinski definition) is 1. The highest BCUT2D eigenvalue weighted by Crippen LogP contribution is 2.25. The van der Waals surface area contributed by atoms with Crippen LogP contribution in [0.5, 0.6) is 0 Å². The minimum atomic E-state index is 0.526. The molecule has 0 amide bonds. The van der Waals surface area contributed by atoms with Gasteiger partial charge in [0, 0.05) is 11.1 Å². The van der Waals surface area contributed by atoms with E-state index >= 15 is 0 Å². The predicted octanol–water partition coefficient (Wildman–Crippen LogP) is 4.69. The maximum atomic E-state index is 5.78. The molecule has 0 saturated carbocycles. The minimum Gasteiger partial charge on any atom is -0.331 e. The van der Waals surface area contributed by atoms with Crippen LogP contribution in [0.1, 0.15) is 0 Å². The fourth-order valence-electron chi connectivity index (χ4n) is 1.70. The van der Waals surface area contributed by atoms with Crippen molar-refractivity contribution in [3.8, 4) is 0 Å². The summed E-state index contributed by atoms with van der Waals surface area (Å²) in [6.07, 6.45) is 0. The number of halogens is 1. The van der Waals surface area contributed by atoms with E-state index in [0.29, 0.717) is 5.15 Å². The smallest absolute Gasteiger partial charge is 0.188 e. The summed E-state index contributed by atoms with van der Waals surface area (Å²) in [5.74, 6) is 0. The molecule has 17 heavy (non-hydrogen) atoms. The maximum absolute atomic E-state index is 5.78. The molecule has 0 aliphatic carbocycles. The third-order valence-corrected chi connectivity index (χ3v) is 3.56. The van der Waals surface area contributed by atoms with E-state index < -0.39 is 0 Å². The fourth-order valence-corrected chi connectivity index (χ4v) is 2.56. The lowest BCUT2D eigenvalue weighted by Gasteiger charge is -2.04. The lowest BCUT2D eigenvalue weighted by molar-refractivity contribution is 1.39. The van der Waals surface area contributed by atoms with Crippen LogP contribution < -0.4 is 5.32 Å². The third-order valence-electron chi connectivity index (χ3n) is 2.48. The summed E-state index contributed by atoms with van der Waals surface area (Å²) >= 11 is 7.28. The van der Waals surface area contributed by atoms with Crippen LogP contribution in [-0.4, -0.2) is 4.98 Å². The van der Waals surface area contributed by atoms with Crippen molar-refractivity contribution in [2.24, 2.45) is 0 Å². The maximum Gasteiger partial charge on any atom is 0.188 e. The number of aromatic nitrogens is 1. The van der Waals surface area contributed by atoms with Gasteiger partial charge in [0.1, 0.15) is 5.15 Å². The van der Waals surface area contributed by atoms with E-state index in [1.165, 1.54) is 22.1 Å². The first-order valence-electron chi connectivity index (χ1n) is 5.18. The van der Waals surface area contributed by atoms with E-state index in [0.717, 1.165) is 10.8 Å². The van der Waals surface area contributed by atoms with Crippen molar-refractivity contribution in [1.82, 2.24) is 4.98 Å². The highest BCUT2D eigenvalue weighted by molar-refractivity contribution is 7.14. The molecule has 0 aliphatic heterocycles. The zero-order valence-corrected chi connectivity index (χ0v) is 10.4. The Kier molecular flexibility index (Phi) is 2.71. The molecule has 0 aliphatic rings. The highest BCUT2D eigenvalue weighted by Gasteiger charge is 2.00. The molecular formula is C13H9ClN2S. The topological polar surface area (TPSA) is 24.9 Å². The van der Waals surface area contributed by atoms with Gasteiger partial charge in [-0.25, -0.2) is 4.98 Å². The van der Waals surface area contributed by atoms with Gasteiger partial charge in [-0.3, -0.25) is 0 Å². The van der Waals surface area contributed by atoms with Crippen LogP contribution in [-0.2, 0) is 0 Å². The monoisotopic (exact) mass is 260 g/mol. The van der Waals surface area contributed by atoms with E-state index in [1.807, 2.05) is 23.6 Å². The molecular weight excluding hydrogens is 252 g/mol. The molecule has 0 unspecified atom stereocenters. The van der Waals surface area contributed by atoms with Crippen molar-refractivity contribution in [3.05, 3.63) is 53.0 Å². The summed E-state index contributed by atoms with van der Waals surface area (Å²) in [6.45, 7) is 0. The molecule has 3 rings (SSSR count). The number of fused-ring (bicyclic) bond motifs is 1. The number of thiazole rings is 1. The lowest BCUT2D eigenvalue weighted by Crippen LogP contribution is -1.88. The van der Waals surface area contributed by atoms with Crippen LogP contribution in [0.3, 0.4) is 0 Å². The number of rotatable bonds is 2. The van der Waals surface area contributed by atoms with Crippen molar-refractivity contribution in [2.45, 2.75) is 0 Å². The van der Waals surface area contributed by atoms with Crippen LogP contribution in [0.25, 0.3) is 10.8 Å². The van der Waals surface area contributed by atoms with E-state index in [4.69, 9.17) is 11.6 Å². The van der Waals surface area contributed by atoms with Crippen molar-refractivity contribution in [1.29, 1.82) is 0 Å². The van der Waals surface area contributed by atoms with E-state index in [1.54, 1.807) is 0 Å². The van der Waals surface area contributed by atoms with Crippen LogP contribution in [0, 0.1) is 0 Å². The van der Waals surface area contributed by atoms with E-state index in [-0.39, 0.29) is 0 Å². The van der Waals surface area contributed by atoms with Gasteiger partial charge in [-0.15, -0.1) is 11.3 Å². The van der Waals surface area contributed by atoms with Crippen molar-refractivity contribution in [3.63, 3.8) is 0 Å². The summed E-state index contributed by atoms with van der Waals surface area (Å²) in [6, 6.07) is 14.5. The second kappa shape index (κ2) is 4.35. The van der Waals surface area contributed by atoms with Crippen molar-refractivity contribution >= 4 is 44.5 Å². The molecule has 0 radical (unpaired) electrons. The molecule has 1 N–H and O–H groups in total. The third kappa shape index (κ3) is 2.25. The quantitative estimate of drug-likeness (QED) is 0.723. The first-order chi connectivity index (χ1) is 8.31. The van der Waals surface area contributed by atoms with Gasteiger partial charge in [0.2, 0.25) is 0 Å². The van der Waals surface area contributed by atoms with Crippen molar-refractivity contribution < 1.29 is 0 Å². The minimum absolute atomic E-state index is 0.526. The Hall–Kier alpha value is -1.58. The Labute approximate surface area is 108 Å². The molecule has 4 heteroatoms. The predicted molar refractivity (Wildman–Crippen MR) is 74.4 cm³/mol. The van der Waals surface area contributed by atoms with Gasteiger partial charge in [0.25, 0.3) is 0 Å². The first-order valence-corrected chi connectivity index (χ1v) is 6.44. The second-order valence-corrected chi connectivity index (χ2v) is 4.91. The molecule has 0 bridgehead atoms. The Morgan fingerprint density at radius 3 is 2.65 bits per heavy atom. The molecule has 0 atom stereocenters. The molecule has 84 valence electrons. The van der Waals surface area contributed by atoms with E-state index in [2.05, 4.69) is 34.6 Å². The normalized spacial score (nSPS) is 10.6. The van der Waals surface area contributed by atoms with Crippen LogP contribution in [0.2, 0.25) is 5.15 Å². The summed E-state index contributed by atoms with van der Waals surface area (Å²) in [7, 11) is 0. The van der Waals surface area contributed by atoms with E-state index in [9.17, 15) is 0 Å². The zero-order valence-electron chi connectivity index (χ0n) is 8.85. The Bertz CT molecular complexity index is 663. The van der Waals surface area contributed by atoms with Gasteiger partial charge < -0.3 is 5.32 Å². The number of benzene rings is 2. The molecule has 1 aromatic heterocycles. The number of hydrogen-bond acceptors (Lipinski definition) is 3. The standard InChI is InChI=1S/C13H9ClN2S/c14-12-8-17-13(16-12)15-11-6-5-9-3-1-2-4-10(9)7-11/h1-8H,(H,15,16). The SMILES string of the molecule is Clc1csc(Nc2ccc3ccccc3c2)n1. The second-order valence-electron chi connectivity index (χ2n) is 3.66. The average Bonchev–Trinajstić information content (AvgIpc) is 2.75. The van der Waals surface area contributed by atoms with Crippen LogP contribution in [0.4, 0.5) is 10.8 Å². The average molecular weight is 261 g/mol. The van der Waals surface area contributed by atoms with Crippen molar-refractivity contribution in [2.75, 3.05) is 5.32 Å². The fraction of sp³-hybridized carbons (Fsp3) is 0. The highest BCUT2D eigenvalue weighted by atomic mass is 35.5. The summed E-state index contributed by atoms with van der Waals surface area (Å²) in [5, 5.41) is 8.83. The van der Waals surface area contributed by atoms with Crippen LogP contribution >= 0.6 is 22.9 Å². The van der Waals surface area contributed by atoms with Gasteiger partial charge in [-0.2, -0.15) is 0 Å². The van der Waals surface area contributed by atoms with Gasteiger partial charge in [-0.05, 0) is 22.9 Å². The molecule has 3 aromatic rings. The summed E-state index contributed by atoms with van der Waals surface area (Å²) in [5.41, 5.74) is 1.02. The lowest BCUT2D eigenvalue weighted by atomic mass is 10.1. The Morgan fingerprint density at radius 2 is 1.88 bits per heavy atom. The number of nitrogens with one attached hydrogen (secondary N) is 1.